The van der Waals surface area contributed by atoms with E-state index in [4.69, 9.17) is 9.05 Å². The summed E-state index contributed by atoms with van der Waals surface area (Å²) in [6.07, 6.45) is 0. The molecule has 2 aliphatic heterocycles. The summed E-state index contributed by atoms with van der Waals surface area (Å²) in [5.74, 6) is 1.69. The van der Waals surface area contributed by atoms with Crippen LogP contribution in [0.15, 0.2) is 133 Å². The third-order valence-corrected chi connectivity index (χ3v) is 9.86. The fourth-order valence-electron chi connectivity index (χ4n) is 5.99. The minimum Gasteiger partial charge on any atom is -0.272 e. The highest BCUT2D eigenvalue weighted by Gasteiger charge is 2.58. The van der Waals surface area contributed by atoms with Crippen LogP contribution in [0.25, 0.3) is 21.5 Å². The molecule has 2 atom stereocenters. The van der Waals surface area contributed by atoms with Crippen LogP contribution in [0.4, 0.5) is 0 Å². The smallest absolute Gasteiger partial charge is 0.272 e. The van der Waals surface area contributed by atoms with E-state index in [2.05, 4.69) is 144 Å². The van der Waals surface area contributed by atoms with Crippen molar-refractivity contribution in [3.05, 3.63) is 156 Å². The fraction of sp³-hybridized carbons (Fsp3) is 0.0588. The zero-order valence-corrected chi connectivity index (χ0v) is 22.0. The van der Waals surface area contributed by atoms with Gasteiger partial charge >= 0.3 is 8.02 Å². The molecule has 1 spiro atoms. The highest BCUT2D eigenvalue weighted by molar-refractivity contribution is 7.63. The second-order valence-electron chi connectivity index (χ2n) is 10.1. The maximum absolute atomic E-state index is 6.91. The number of hydrogen-bond acceptors (Lipinski definition) is 4. The number of hydrogen-bond donors (Lipinski definition) is 2. The van der Waals surface area contributed by atoms with Crippen LogP contribution >= 0.6 is 8.02 Å². The predicted octanol–water partition coefficient (Wildman–Crippen LogP) is 8.51. The highest BCUT2D eigenvalue weighted by atomic mass is 31.2. The van der Waals surface area contributed by atoms with Crippen molar-refractivity contribution in [3.63, 3.8) is 0 Å². The topological polar surface area (TPSA) is 42.5 Å². The van der Waals surface area contributed by atoms with Crippen molar-refractivity contribution in [2.24, 2.45) is 0 Å². The van der Waals surface area contributed by atoms with Crippen molar-refractivity contribution in [2.45, 2.75) is 12.1 Å². The third kappa shape index (κ3) is 3.72. The van der Waals surface area contributed by atoms with Crippen molar-refractivity contribution < 1.29 is 9.05 Å². The lowest BCUT2D eigenvalue weighted by atomic mass is 9.93. The van der Waals surface area contributed by atoms with Crippen molar-refractivity contribution in [1.29, 1.82) is 0 Å². The largest absolute Gasteiger partial charge is 0.520 e. The zero-order chi connectivity index (χ0) is 25.8. The first-order chi connectivity index (χ1) is 19.3. The van der Waals surface area contributed by atoms with E-state index in [1.165, 1.54) is 32.7 Å². The Balaban J connectivity index is 1.34. The van der Waals surface area contributed by atoms with E-state index in [1.54, 1.807) is 0 Å². The minimum atomic E-state index is -2.85. The maximum Gasteiger partial charge on any atom is 0.520 e. The number of rotatable bonds is 2. The predicted molar refractivity (Wildman–Crippen MR) is 159 cm³/mol. The molecule has 0 amide bonds. The Morgan fingerprint density at radius 3 is 1.31 bits per heavy atom. The summed E-state index contributed by atoms with van der Waals surface area (Å²) in [6.45, 7) is 0. The van der Waals surface area contributed by atoms with Crippen LogP contribution in [0.1, 0.15) is 34.3 Å². The standard InChI is InChI=1S/C34H26N2O2P/c1-3-13-25(14-4-1)33-31-27-17-9-7-11-23(27)19-21-29(31)37-39(35-33)36-34(26-15-5-2-6-16-26)32-28-18-10-8-12-24(28)20-22-30(32)38-39/h1-22,33-36H/q+1. The van der Waals surface area contributed by atoms with Crippen molar-refractivity contribution >= 4 is 29.6 Å². The molecule has 39 heavy (non-hydrogen) atoms. The van der Waals surface area contributed by atoms with Gasteiger partial charge in [-0.15, -0.1) is 0 Å². The first-order valence-corrected chi connectivity index (χ1v) is 14.9. The molecule has 0 saturated heterocycles. The summed E-state index contributed by atoms with van der Waals surface area (Å²) in [5.41, 5.74) is 4.61. The van der Waals surface area contributed by atoms with Gasteiger partial charge in [0.15, 0.2) is 11.5 Å². The molecule has 0 radical (unpaired) electrons. The van der Waals surface area contributed by atoms with Crippen LogP contribution in [0, 0.1) is 0 Å². The summed E-state index contributed by atoms with van der Waals surface area (Å²) < 4.78 is 13.8. The van der Waals surface area contributed by atoms with E-state index in [0.717, 1.165) is 22.6 Å². The Labute approximate surface area is 227 Å². The molecule has 4 nitrogen and oxygen atoms in total. The van der Waals surface area contributed by atoms with Crippen molar-refractivity contribution in [3.8, 4) is 11.5 Å². The minimum absolute atomic E-state index is 0.111. The normalized spacial score (nSPS) is 21.6. The molecule has 2 unspecified atom stereocenters. The average molecular weight is 526 g/mol. The third-order valence-electron chi connectivity index (χ3n) is 7.76. The number of fused-ring (bicyclic) bond motifs is 6. The van der Waals surface area contributed by atoms with Gasteiger partial charge in [-0.25, -0.2) is 0 Å². The quantitative estimate of drug-likeness (QED) is 0.222. The van der Waals surface area contributed by atoms with Crippen LogP contribution in [0.3, 0.4) is 0 Å². The SMILES string of the molecule is c1ccc(C2N[P+]3(NC(c4ccccc4)c4c(ccc5ccccc45)O3)Oc3ccc4ccccc4c32)cc1. The summed E-state index contributed by atoms with van der Waals surface area (Å²) in [6, 6.07) is 46.4. The lowest BCUT2D eigenvalue weighted by Crippen LogP contribution is -2.45. The Kier molecular flexibility index (Phi) is 5.21. The van der Waals surface area contributed by atoms with Gasteiger partial charge < -0.3 is 0 Å². The molecule has 188 valence electrons. The Morgan fingerprint density at radius 1 is 0.436 bits per heavy atom. The molecular weight excluding hydrogens is 499 g/mol. The number of nitrogens with one attached hydrogen (secondary N) is 2. The van der Waals surface area contributed by atoms with E-state index >= 15 is 0 Å². The Bertz CT molecular complexity index is 1700. The van der Waals surface area contributed by atoms with Crippen LogP contribution in [-0.4, -0.2) is 0 Å². The van der Waals surface area contributed by atoms with E-state index < -0.39 is 8.02 Å². The molecule has 0 aliphatic carbocycles. The van der Waals surface area contributed by atoms with Crippen LogP contribution in [-0.2, 0) is 0 Å². The second-order valence-corrected chi connectivity index (χ2v) is 12.1. The molecule has 6 aromatic rings. The van der Waals surface area contributed by atoms with E-state index in [9.17, 15) is 0 Å². The van der Waals surface area contributed by atoms with Gasteiger partial charge in [0.2, 0.25) is 0 Å². The lowest BCUT2D eigenvalue weighted by Gasteiger charge is -2.39. The van der Waals surface area contributed by atoms with Crippen LogP contribution in [0.5, 0.6) is 11.5 Å². The maximum atomic E-state index is 6.91. The molecule has 2 heterocycles. The lowest BCUT2D eigenvalue weighted by molar-refractivity contribution is 0.373. The van der Waals surface area contributed by atoms with Gasteiger partial charge in [0.05, 0.1) is 0 Å². The van der Waals surface area contributed by atoms with Gasteiger partial charge in [-0.3, -0.25) is 9.05 Å². The fourth-order valence-corrected chi connectivity index (χ4v) is 8.42. The van der Waals surface area contributed by atoms with E-state index in [0.29, 0.717) is 0 Å². The summed E-state index contributed by atoms with van der Waals surface area (Å²) in [5, 5.41) is 12.5. The molecule has 2 N–H and O–H groups in total. The van der Waals surface area contributed by atoms with Gasteiger partial charge in [0.1, 0.15) is 12.1 Å². The van der Waals surface area contributed by atoms with Gasteiger partial charge in [-0.05, 0) is 44.8 Å². The van der Waals surface area contributed by atoms with Crippen LogP contribution in [0.2, 0.25) is 0 Å². The molecule has 5 heteroatoms. The molecule has 2 aliphatic rings. The average Bonchev–Trinajstić information content (AvgIpc) is 3.00. The van der Waals surface area contributed by atoms with Crippen LogP contribution < -0.4 is 19.2 Å². The molecular formula is C34H26N2O2P+. The van der Waals surface area contributed by atoms with E-state index in [-0.39, 0.29) is 12.1 Å². The molecule has 0 aromatic heterocycles. The monoisotopic (exact) mass is 525 g/mol. The van der Waals surface area contributed by atoms with Gasteiger partial charge in [0, 0.05) is 11.1 Å². The molecule has 8 rings (SSSR count). The Morgan fingerprint density at radius 2 is 0.846 bits per heavy atom. The molecule has 0 bridgehead atoms. The first kappa shape index (κ1) is 22.7. The molecule has 0 fully saturated rings. The van der Waals surface area contributed by atoms with Crippen molar-refractivity contribution in [2.75, 3.05) is 0 Å². The Hall–Kier alpha value is -4.21. The summed E-state index contributed by atoms with van der Waals surface area (Å²) in [4.78, 5) is 0. The van der Waals surface area contributed by atoms with Gasteiger partial charge in [-0.1, -0.05) is 132 Å². The van der Waals surface area contributed by atoms with Gasteiger partial charge in [-0.2, -0.15) is 0 Å². The van der Waals surface area contributed by atoms with Gasteiger partial charge in [0.25, 0.3) is 0 Å². The highest BCUT2D eigenvalue weighted by Crippen LogP contribution is 2.65. The molecule has 0 saturated carbocycles. The molecule has 6 aromatic carbocycles. The summed E-state index contributed by atoms with van der Waals surface area (Å²) in [7, 11) is -2.85. The van der Waals surface area contributed by atoms with Crippen molar-refractivity contribution in [1.82, 2.24) is 10.2 Å². The number of benzene rings is 6. The summed E-state index contributed by atoms with van der Waals surface area (Å²) >= 11 is 0. The zero-order valence-electron chi connectivity index (χ0n) is 21.1. The van der Waals surface area contributed by atoms with E-state index in [1.807, 2.05) is 0 Å². The first-order valence-electron chi connectivity index (χ1n) is 13.3. The second kappa shape index (κ2) is 8.93.